The van der Waals surface area contributed by atoms with Gasteiger partial charge in [0.1, 0.15) is 5.76 Å². The maximum atomic E-state index is 5.42. The number of H-pyrrole nitrogens is 1. The van der Waals surface area contributed by atoms with E-state index in [1.807, 2.05) is 18.3 Å². The van der Waals surface area contributed by atoms with Gasteiger partial charge in [0.15, 0.2) is 0 Å². The molecule has 0 saturated carbocycles. The first kappa shape index (κ1) is 18.8. The molecule has 0 radical (unpaired) electrons. The highest BCUT2D eigenvalue weighted by molar-refractivity contribution is 5.46. The molecule has 0 unspecified atom stereocenters. The second kappa shape index (κ2) is 9.07. The number of nitrogens with one attached hydrogen (secondary N) is 1. The van der Waals surface area contributed by atoms with Gasteiger partial charge in [0.05, 0.1) is 12.5 Å². The molecular weight excluding hydrogens is 346 g/mol. The zero-order chi connectivity index (χ0) is 19.2. The Balaban J connectivity index is 1.30. The van der Waals surface area contributed by atoms with Crippen LogP contribution in [0.4, 0.5) is 0 Å². The number of furan rings is 1. The van der Waals surface area contributed by atoms with Crippen LogP contribution in [-0.2, 0) is 12.8 Å². The van der Waals surface area contributed by atoms with Gasteiger partial charge in [0, 0.05) is 18.2 Å². The van der Waals surface area contributed by atoms with Gasteiger partial charge in [0.2, 0.25) is 0 Å². The number of benzene rings is 1. The lowest BCUT2D eigenvalue weighted by Crippen LogP contribution is -2.34. The molecular formula is C24H29N3O. The molecule has 1 aromatic carbocycles. The third-order valence-corrected chi connectivity index (χ3v) is 5.68. The van der Waals surface area contributed by atoms with E-state index >= 15 is 0 Å². The molecule has 146 valence electrons. The number of aromatic amines is 1. The van der Waals surface area contributed by atoms with Crippen molar-refractivity contribution in [1.29, 1.82) is 0 Å². The zero-order valence-corrected chi connectivity index (χ0v) is 16.6. The van der Waals surface area contributed by atoms with E-state index in [1.165, 1.54) is 35.2 Å². The Morgan fingerprint density at radius 2 is 1.96 bits per heavy atom. The smallest absolute Gasteiger partial charge is 0.126 e. The van der Waals surface area contributed by atoms with E-state index in [0.29, 0.717) is 5.92 Å². The summed E-state index contributed by atoms with van der Waals surface area (Å²) in [6.45, 7) is 5.46. The quantitative estimate of drug-likeness (QED) is 0.627. The van der Waals surface area contributed by atoms with Gasteiger partial charge in [-0.15, -0.1) is 0 Å². The van der Waals surface area contributed by atoms with E-state index < -0.39 is 0 Å². The maximum absolute atomic E-state index is 5.42. The summed E-state index contributed by atoms with van der Waals surface area (Å²) in [4.78, 5) is 2.55. The minimum Gasteiger partial charge on any atom is -0.465 e. The van der Waals surface area contributed by atoms with Crippen LogP contribution in [-0.4, -0.2) is 34.7 Å². The standard InChI is InChI=1S/C24H29N3O/c1-19(16-23-8-5-15-28-23)18-27-13-11-21(12-14-27)24-22(17-25-26-24)10-9-20-6-3-2-4-7-20/h2-8,15-17,21H,9-14,18H2,1H3,(H,25,26)/b19-16+. The fourth-order valence-corrected chi connectivity index (χ4v) is 4.19. The fraction of sp³-hybridized carbons (Fsp3) is 0.375. The lowest BCUT2D eigenvalue weighted by Gasteiger charge is -2.32. The molecule has 4 heteroatoms. The van der Waals surface area contributed by atoms with E-state index in [-0.39, 0.29) is 0 Å². The molecule has 1 saturated heterocycles. The number of rotatable bonds is 7. The zero-order valence-electron chi connectivity index (χ0n) is 16.6. The molecule has 1 aliphatic heterocycles. The van der Waals surface area contributed by atoms with E-state index in [1.54, 1.807) is 6.26 Å². The fourth-order valence-electron chi connectivity index (χ4n) is 4.19. The summed E-state index contributed by atoms with van der Waals surface area (Å²) in [6, 6.07) is 14.7. The van der Waals surface area contributed by atoms with Crippen molar-refractivity contribution in [1.82, 2.24) is 15.1 Å². The van der Waals surface area contributed by atoms with Gasteiger partial charge in [-0.05, 0) is 75.0 Å². The van der Waals surface area contributed by atoms with Gasteiger partial charge >= 0.3 is 0 Å². The van der Waals surface area contributed by atoms with E-state index in [0.717, 1.165) is 38.2 Å². The summed E-state index contributed by atoms with van der Waals surface area (Å²) in [7, 11) is 0. The Morgan fingerprint density at radius 3 is 2.71 bits per heavy atom. The molecule has 2 aromatic heterocycles. The number of likely N-dealkylation sites (tertiary alicyclic amines) is 1. The molecule has 3 heterocycles. The number of aryl methyl sites for hydroxylation is 2. The molecule has 1 aliphatic rings. The third kappa shape index (κ3) is 4.82. The number of aromatic nitrogens is 2. The first-order valence-electron chi connectivity index (χ1n) is 10.3. The van der Waals surface area contributed by atoms with E-state index in [2.05, 4.69) is 58.4 Å². The van der Waals surface area contributed by atoms with Gasteiger partial charge in [-0.3, -0.25) is 10.00 Å². The van der Waals surface area contributed by atoms with Crippen LogP contribution < -0.4 is 0 Å². The normalized spacial score (nSPS) is 16.5. The largest absolute Gasteiger partial charge is 0.465 e. The van der Waals surface area contributed by atoms with Crippen molar-refractivity contribution in [2.75, 3.05) is 19.6 Å². The molecule has 3 aromatic rings. The molecule has 0 aliphatic carbocycles. The predicted octanol–water partition coefficient (Wildman–Crippen LogP) is 5.07. The summed E-state index contributed by atoms with van der Waals surface area (Å²) < 4.78 is 5.42. The molecule has 1 N–H and O–H groups in total. The number of nitrogens with zero attached hydrogens (tertiary/aromatic N) is 2. The van der Waals surface area contributed by atoms with Crippen molar-refractivity contribution in [3.8, 4) is 0 Å². The lowest BCUT2D eigenvalue weighted by molar-refractivity contribution is 0.226. The van der Waals surface area contributed by atoms with Crippen LogP contribution in [0.5, 0.6) is 0 Å². The molecule has 1 fully saturated rings. The highest BCUT2D eigenvalue weighted by atomic mass is 16.3. The molecule has 4 rings (SSSR count). The van der Waals surface area contributed by atoms with Crippen LogP contribution in [0.1, 0.15) is 48.3 Å². The van der Waals surface area contributed by atoms with Crippen LogP contribution in [0.25, 0.3) is 6.08 Å². The van der Waals surface area contributed by atoms with Gasteiger partial charge in [-0.25, -0.2) is 0 Å². The Kier molecular flexibility index (Phi) is 6.07. The molecule has 0 amide bonds. The van der Waals surface area contributed by atoms with Gasteiger partial charge in [-0.1, -0.05) is 35.9 Å². The summed E-state index contributed by atoms with van der Waals surface area (Å²) in [6.07, 6.45) is 10.4. The minimum absolute atomic E-state index is 0.596. The molecule has 0 bridgehead atoms. The Morgan fingerprint density at radius 1 is 1.14 bits per heavy atom. The van der Waals surface area contributed by atoms with Crippen molar-refractivity contribution in [3.63, 3.8) is 0 Å². The topological polar surface area (TPSA) is 45.1 Å². The van der Waals surface area contributed by atoms with Crippen molar-refractivity contribution >= 4 is 6.08 Å². The summed E-state index contributed by atoms with van der Waals surface area (Å²) in [5.74, 6) is 1.53. The average molecular weight is 376 g/mol. The van der Waals surface area contributed by atoms with Gasteiger partial charge in [-0.2, -0.15) is 5.10 Å². The Labute approximate surface area is 167 Å². The van der Waals surface area contributed by atoms with Crippen molar-refractivity contribution in [3.05, 3.63) is 83.1 Å². The minimum atomic E-state index is 0.596. The highest BCUT2D eigenvalue weighted by Crippen LogP contribution is 2.29. The van der Waals surface area contributed by atoms with Crippen LogP contribution in [0, 0.1) is 0 Å². The number of piperidine rings is 1. The first-order valence-corrected chi connectivity index (χ1v) is 10.3. The van der Waals surface area contributed by atoms with Crippen molar-refractivity contribution in [2.24, 2.45) is 0 Å². The molecule has 4 nitrogen and oxygen atoms in total. The van der Waals surface area contributed by atoms with Crippen LogP contribution in [0.2, 0.25) is 0 Å². The monoisotopic (exact) mass is 375 g/mol. The van der Waals surface area contributed by atoms with Crippen LogP contribution in [0.3, 0.4) is 0 Å². The Hall–Kier alpha value is -2.59. The average Bonchev–Trinajstić information content (AvgIpc) is 3.40. The van der Waals surface area contributed by atoms with Crippen LogP contribution >= 0.6 is 0 Å². The Bertz CT molecular complexity index is 872. The molecule has 0 atom stereocenters. The van der Waals surface area contributed by atoms with Crippen molar-refractivity contribution < 1.29 is 4.42 Å². The maximum Gasteiger partial charge on any atom is 0.126 e. The van der Waals surface area contributed by atoms with Gasteiger partial charge in [0.25, 0.3) is 0 Å². The summed E-state index contributed by atoms with van der Waals surface area (Å²) >= 11 is 0. The number of hydrogen-bond donors (Lipinski definition) is 1. The lowest BCUT2D eigenvalue weighted by atomic mass is 9.89. The van der Waals surface area contributed by atoms with Gasteiger partial charge < -0.3 is 4.42 Å². The van der Waals surface area contributed by atoms with E-state index in [9.17, 15) is 0 Å². The second-order valence-electron chi connectivity index (χ2n) is 7.85. The summed E-state index contributed by atoms with van der Waals surface area (Å²) in [5, 5.41) is 7.67. The predicted molar refractivity (Wildman–Crippen MR) is 113 cm³/mol. The third-order valence-electron chi connectivity index (χ3n) is 5.68. The SMILES string of the molecule is C/C(=C\c1ccco1)CN1CCC(c2[nH]ncc2CCc2ccccc2)CC1. The van der Waals surface area contributed by atoms with Crippen LogP contribution in [0.15, 0.2) is 64.9 Å². The number of hydrogen-bond acceptors (Lipinski definition) is 3. The first-order chi connectivity index (χ1) is 13.8. The van der Waals surface area contributed by atoms with Crippen molar-refractivity contribution in [2.45, 2.75) is 38.5 Å². The second-order valence-corrected chi connectivity index (χ2v) is 7.85. The summed E-state index contributed by atoms with van der Waals surface area (Å²) in [5.41, 5.74) is 5.48. The molecule has 0 spiro atoms. The highest BCUT2D eigenvalue weighted by Gasteiger charge is 2.23. The molecule has 28 heavy (non-hydrogen) atoms. The van der Waals surface area contributed by atoms with E-state index in [4.69, 9.17) is 4.42 Å².